The van der Waals surface area contributed by atoms with Crippen LogP contribution in [0.15, 0.2) is 85.4 Å². The van der Waals surface area contributed by atoms with Gasteiger partial charge in [0.15, 0.2) is 0 Å². The Labute approximate surface area is 217 Å². The van der Waals surface area contributed by atoms with Gasteiger partial charge in [-0.2, -0.15) is 5.10 Å². The van der Waals surface area contributed by atoms with E-state index < -0.39 is 8.07 Å². The van der Waals surface area contributed by atoms with Crippen molar-refractivity contribution >= 4 is 36.7 Å². The topological polar surface area (TPSA) is 27.1 Å². The molecule has 0 saturated carbocycles. The summed E-state index contributed by atoms with van der Waals surface area (Å²) in [5.41, 5.74) is 6.46. The minimum absolute atomic E-state index is 0.484. The summed E-state index contributed by atoms with van der Waals surface area (Å²) in [5.74, 6) is 0. The highest BCUT2D eigenvalue weighted by Crippen LogP contribution is 2.28. The van der Waals surface area contributed by atoms with Gasteiger partial charge in [0.05, 0.1) is 19.3 Å². The number of ether oxygens (including phenoxy) is 1. The van der Waals surface area contributed by atoms with Gasteiger partial charge in [0.2, 0.25) is 0 Å². The summed E-state index contributed by atoms with van der Waals surface area (Å²) in [6, 6.07) is 32.4. The molecule has 0 aliphatic carbocycles. The minimum Gasteiger partial charge on any atom is -0.360 e. The van der Waals surface area contributed by atoms with Crippen molar-refractivity contribution in [2.45, 2.75) is 51.7 Å². The Kier molecular flexibility index (Phi) is 8.73. The van der Waals surface area contributed by atoms with E-state index in [2.05, 4.69) is 112 Å². The molecule has 0 aliphatic rings. The molecule has 4 rings (SSSR count). The van der Waals surface area contributed by atoms with Crippen LogP contribution in [0.25, 0.3) is 28.6 Å². The third kappa shape index (κ3) is 5.77. The lowest BCUT2D eigenvalue weighted by Gasteiger charge is -2.27. The third-order valence-electron chi connectivity index (χ3n) is 7.76. The van der Waals surface area contributed by atoms with E-state index in [1.54, 1.807) is 0 Å². The van der Waals surface area contributed by atoms with E-state index in [1.807, 2.05) is 10.7 Å². The lowest BCUT2D eigenvalue weighted by atomic mass is 9.95. The van der Waals surface area contributed by atoms with Gasteiger partial charge in [-0.1, -0.05) is 124 Å². The number of nitrogens with zero attached hydrogens (tertiary/aromatic N) is 2. The molecular weight excluding hydrogens is 456 g/mol. The molecule has 1 heterocycles. The molecule has 0 fully saturated rings. The quantitative estimate of drug-likeness (QED) is 0.145. The highest BCUT2D eigenvalue weighted by atomic mass is 28.3. The molecule has 1 aromatic heterocycles. The fourth-order valence-electron chi connectivity index (χ4n) is 4.98. The molecule has 4 heteroatoms. The van der Waals surface area contributed by atoms with Crippen LogP contribution >= 0.6 is 0 Å². The molecule has 0 N–H and O–H groups in total. The first kappa shape index (κ1) is 25.9. The van der Waals surface area contributed by atoms with Gasteiger partial charge in [-0.3, -0.25) is 0 Å². The Morgan fingerprint density at radius 1 is 0.861 bits per heavy atom. The van der Waals surface area contributed by atoms with Crippen LogP contribution in [0.1, 0.15) is 43.2 Å². The van der Waals surface area contributed by atoms with Crippen LogP contribution in [-0.4, -0.2) is 24.5 Å². The van der Waals surface area contributed by atoms with Crippen LogP contribution < -0.4 is 0 Å². The zero-order valence-electron chi connectivity index (χ0n) is 21.9. The number of benzene rings is 3. The fraction of sp³-hybridized carbons (Fsp3) is 0.281. The molecule has 3 aromatic carbocycles. The lowest BCUT2D eigenvalue weighted by Crippen LogP contribution is -2.32. The minimum atomic E-state index is -1.17. The predicted molar refractivity (Wildman–Crippen MR) is 158 cm³/mol. The molecule has 0 saturated heterocycles. The van der Waals surface area contributed by atoms with Gasteiger partial charge in [-0.05, 0) is 40.4 Å². The van der Waals surface area contributed by atoms with E-state index in [9.17, 15) is 0 Å². The smallest absolute Gasteiger partial charge is 0.140 e. The maximum Gasteiger partial charge on any atom is 0.140 e. The second-order valence-corrected chi connectivity index (χ2v) is 15.1. The van der Waals surface area contributed by atoms with E-state index in [4.69, 9.17) is 9.84 Å². The standard InChI is InChI=1S/C32H38N2OSi/c1-5-36(6-2,7-3)24-23-35-25-34-32-20-14-13-19-30(32)31(33-34)22-21-28-17-11-12-18-29(28)26(4)27-15-9-8-10-16-27/h8-22H,4-7,23-25H2,1-3H3. The average molecular weight is 495 g/mol. The van der Waals surface area contributed by atoms with Gasteiger partial charge in [-0.15, -0.1) is 0 Å². The van der Waals surface area contributed by atoms with Gasteiger partial charge >= 0.3 is 0 Å². The molecule has 0 aliphatic heterocycles. The summed E-state index contributed by atoms with van der Waals surface area (Å²) < 4.78 is 8.16. The van der Waals surface area contributed by atoms with Crippen molar-refractivity contribution in [1.82, 2.24) is 9.78 Å². The molecule has 0 bridgehead atoms. The normalized spacial score (nSPS) is 12.0. The molecule has 0 radical (unpaired) electrons. The summed E-state index contributed by atoms with van der Waals surface area (Å²) in [6.07, 6.45) is 4.26. The van der Waals surface area contributed by atoms with Crippen LogP contribution in [0.5, 0.6) is 0 Å². The monoisotopic (exact) mass is 494 g/mol. The van der Waals surface area contributed by atoms with Crippen molar-refractivity contribution in [2.75, 3.05) is 6.61 Å². The van der Waals surface area contributed by atoms with Crippen LogP contribution in [0.4, 0.5) is 0 Å². The summed E-state index contributed by atoms with van der Waals surface area (Å²) in [4.78, 5) is 0. The second-order valence-electron chi connectivity index (χ2n) is 9.52. The Balaban J connectivity index is 1.54. The average Bonchev–Trinajstić information content (AvgIpc) is 3.30. The number of fused-ring (bicyclic) bond motifs is 1. The fourth-order valence-corrected chi connectivity index (χ4v) is 8.11. The summed E-state index contributed by atoms with van der Waals surface area (Å²) in [5, 5.41) is 6.06. The Morgan fingerprint density at radius 3 is 2.28 bits per heavy atom. The van der Waals surface area contributed by atoms with Crippen LogP contribution in [0.3, 0.4) is 0 Å². The summed E-state index contributed by atoms with van der Waals surface area (Å²) >= 11 is 0. The van der Waals surface area contributed by atoms with Crippen LogP contribution in [-0.2, 0) is 11.5 Å². The van der Waals surface area contributed by atoms with E-state index in [0.717, 1.165) is 45.5 Å². The van der Waals surface area contributed by atoms with Gasteiger partial charge in [0.1, 0.15) is 6.73 Å². The highest BCUT2D eigenvalue weighted by Gasteiger charge is 2.26. The Bertz CT molecular complexity index is 1310. The van der Waals surface area contributed by atoms with Gasteiger partial charge in [0.25, 0.3) is 0 Å². The first-order valence-electron chi connectivity index (χ1n) is 13.2. The van der Waals surface area contributed by atoms with E-state index in [0.29, 0.717) is 6.73 Å². The highest BCUT2D eigenvalue weighted by molar-refractivity contribution is 6.79. The first-order chi connectivity index (χ1) is 17.6. The summed E-state index contributed by atoms with van der Waals surface area (Å²) in [7, 11) is -1.17. The number of rotatable bonds is 12. The lowest BCUT2D eigenvalue weighted by molar-refractivity contribution is 0.0814. The SMILES string of the molecule is C=C(c1ccccc1)c1ccccc1C=Cc1nn(COCC[Si](CC)(CC)CC)c2ccccc12. The molecule has 36 heavy (non-hydrogen) atoms. The van der Waals surface area contributed by atoms with Crippen LogP contribution in [0.2, 0.25) is 24.2 Å². The Morgan fingerprint density at radius 2 is 1.53 bits per heavy atom. The molecule has 0 unspecified atom stereocenters. The summed E-state index contributed by atoms with van der Waals surface area (Å²) in [6.45, 7) is 12.7. The van der Waals surface area contributed by atoms with Crippen molar-refractivity contribution in [1.29, 1.82) is 0 Å². The largest absolute Gasteiger partial charge is 0.360 e. The molecule has 186 valence electrons. The second kappa shape index (κ2) is 12.2. The molecule has 4 aromatic rings. The maximum absolute atomic E-state index is 6.16. The first-order valence-corrected chi connectivity index (χ1v) is 16.0. The van der Waals surface area contributed by atoms with Crippen molar-refractivity contribution < 1.29 is 4.74 Å². The van der Waals surface area contributed by atoms with Crippen molar-refractivity contribution in [3.05, 3.63) is 108 Å². The molecular formula is C32H38N2OSi. The third-order valence-corrected chi connectivity index (χ3v) is 13.5. The van der Waals surface area contributed by atoms with Crippen LogP contribution in [0, 0.1) is 0 Å². The van der Waals surface area contributed by atoms with Gasteiger partial charge in [0, 0.05) is 12.0 Å². The van der Waals surface area contributed by atoms with E-state index in [-0.39, 0.29) is 0 Å². The van der Waals surface area contributed by atoms with E-state index >= 15 is 0 Å². The number of para-hydroxylation sites is 1. The number of hydrogen-bond acceptors (Lipinski definition) is 2. The zero-order valence-corrected chi connectivity index (χ0v) is 22.9. The zero-order chi connectivity index (χ0) is 25.4. The van der Waals surface area contributed by atoms with Crippen molar-refractivity contribution in [2.24, 2.45) is 0 Å². The molecule has 0 atom stereocenters. The molecule has 3 nitrogen and oxygen atoms in total. The molecule has 0 amide bonds. The maximum atomic E-state index is 6.16. The molecule has 0 spiro atoms. The number of hydrogen-bond donors (Lipinski definition) is 0. The Hall–Kier alpha value is -3.21. The van der Waals surface area contributed by atoms with E-state index in [1.165, 1.54) is 24.2 Å². The van der Waals surface area contributed by atoms with Gasteiger partial charge in [-0.25, -0.2) is 4.68 Å². The van der Waals surface area contributed by atoms with Gasteiger partial charge < -0.3 is 4.74 Å². The number of aromatic nitrogens is 2. The predicted octanol–water partition coefficient (Wildman–Crippen LogP) is 8.75. The van der Waals surface area contributed by atoms with Crippen molar-refractivity contribution in [3.63, 3.8) is 0 Å². The van der Waals surface area contributed by atoms with Crippen molar-refractivity contribution in [3.8, 4) is 0 Å².